The lowest BCUT2D eigenvalue weighted by Gasteiger charge is -1.92. The van der Waals surface area contributed by atoms with E-state index < -0.39 is 11.9 Å². The van der Waals surface area contributed by atoms with Gasteiger partial charge in [0.2, 0.25) is 0 Å². The quantitative estimate of drug-likeness (QED) is 0.441. The number of unbranched alkanes of at least 4 members (excludes halogenated alkanes) is 4. The smallest absolute Gasteiger partial charge is 0.303 e. The molecule has 0 aromatic carbocycles. The van der Waals surface area contributed by atoms with Crippen LogP contribution in [0, 0.1) is 0 Å². The molecule has 0 aliphatic heterocycles. The van der Waals surface area contributed by atoms with Gasteiger partial charge in [-0.2, -0.15) is 0 Å². The van der Waals surface area contributed by atoms with E-state index >= 15 is 0 Å². The van der Waals surface area contributed by atoms with Crippen LogP contribution in [-0.2, 0) is 9.59 Å². The van der Waals surface area contributed by atoms with Gasteiger partial charge < -0.3 is 20.4 Å². The van der Waals surface area contributed by atoms with Crippen molar-refractivity contribution < 1.29 is 30.0 Å². The number of carboxylic acid groups (broad SMARTS) is 2. The van der Waals surface area contributed by atoms with Crippen molar-refractivity contribution in [2.24, 2.45) is 0 Å². The van der Waals surface area contributed by atoms with Crippen molar-refractivity contribution in [3.05, 3.63) is 0 Å². The predicted octanol–water partition coefficient (Wildman–Crippen LogP) is 1.25. The van der Waals surface area contributed by atoms with Crippen molar-refractivity contribution in [2.45, 2.75) is 51.4 Å². The molecule has 0 bridgehead atoms. The van der Waals surface area contributed by atoms with Gasteiger partial charge in [0.1, 0.15) is 0 Å². The Morgan fingerprint density at radius 2 is 0.944 bits per heavy atom. The first kappa shape index (κ1) is 19.2. The van der Waals surface area contributed by atoms with Crippen molar-refractivity contribution in [3.8, 4) is 0 Å². The summed E-state index contributed by atoms with van der Waals surface area (Å²) in [5.41, 5.74) is 0. The maximum atomic E-state index is 9.90. The van der Waals surface area contributed by atoms with Crippen molar-refractivity contribution >= 4 is 11.9 Å². The van der Waals surface area contributed by atoms with E-state index in [2.05, 4.69) is 0 Å². The lowest BCUT2D eigenvalue weighted by Crippen LogP contribution is -1.94. The van der Waals surface area contributed by atoms with Crippen LogP contribution in [0.4, 0.5) is 0 Å². The Morgan fingerprint density at radius 3 is 1.17 bits per heavy atom. The zero-order chi connectivity index (χ0) is 14.2. The van der Waals surface area contributed by atoms with Crippen LogP contribution in [0.15, 0.2) is 0 Å². The van der Waals surface area contributed by atoms with Crippen LogP contribution in [0.5, 0.6) is 0 Å². The normalized spacial score (nSPS) is 9.44. The second-order valence-electron chi connectivity index (χ2n) is 3.86. The van der Waals surface area contributed by atoms with Gasteiger partial charge in [0, 0.05) is 26.1 Å². The van der Waals surface area contributed by atoms with E-state index in [4.69, 9.17) is 20.4 Å². The Hall–Kier alpha value is -1.14. The van der Waals surface area contributed by atoms with E-state index in [1.54, 1.807) is 0 Å². The third-order valence-corrected chi connectivity index (χ3v) is 2.10. The van der Waals surface area contributed by atoms with Crippen LogP contribution >= 0.6 is 0 Å². The van der Waals surface area contributed by atoms with Crippen molar-refractivity contribution in [1.82, 2.24) is 0 Å². The molecule has 0 aliphatic rings. The van der Waals surface area contributed by atoms with Crippen molar-refractivity contribution in [3.63, 3.8) is 0 Å². The largest absolute Gasteiger partial charge is 0.481 e. The summed E-state index contributed by atoms with van der Waals surface area (Å²) in [6, 6.07) is 0. The molecule has 6 heteroatoms. The van der Waals surface area contributed by atoms with E-state index in [-0.39, 0.29) is 26.1 Å². The highest BCUT2D eigenvalue weighted by molar-refractivity contribution is 5.66. The van der Waals surface area contributed by atoms with Gasteiger partial charge in [-0.25, -0.2) is 0 Å². The fourth-order valence-corrected chi connectivity index (χ4v) is 1.13. The number of aliphatic hydroxyl groups excluding tert-OH is 2. The molecule has 0 heterocycles. The number of carboxylic acids is 2. The van der Waals surface area contributed by atoms with Gasteiger partial charge in [-0.3, -0.25) is 9.59 Å². The Balaban J connectivity index is 0. The monoisotopic (exact) mass is 264 g/mol. The molecular weight excluding hydrogens is 240 g/mol. The first-order valence-corrected chi connectivity index (χ1v) is 6.20. The van der Waals surface area contributed by atoms with Gasteiger partial charge >= 0.3 is 11.9 Å². The first-order chi connectivity index (χ1) is 8.54. The fourth-order valence-electron chi connectivity index (χ4n) is 1.13. The minimum atomic E-state index is -0.757. The zero-order valence-corrected chi connectivity index (χ0v) is 10.7. The van der Waals surface area contributed by atoms with Crippen LogP contribution in [0.3, 0.4) is 0 Å². The summed E-state index contributed by atoms with van der Waals surface area (Å²) in [6.07, 6.45) is 4.85. The molecule has 0 aromatic rings. The van der Waals surface area contributed by atoms with Gasteiger partial charge in [0.05, 0.1) is 0 Å². The standard InChI is InChI=1S/2C6H12O3/c2*7-5-3-1-2-4-6(8)9/h2*7H,1-5H2,(H,8,9). The van der Waals surface area contributed by atoms with Gasteiger partial charge in [-0.15, -0.1) is 0 Å². The second kappa shape index (κ2) is 15.9. The summed E-state index contributed by atoms with van der Waals surface area (Å²) in [5, 5.41) is 32.9. The SMILES string of the molecule is O=C(O)CCCCCO.O=C(O)CCCCCO. The van der Waals surface area contributed by atoms with Crippen LogP contribution in [0.25, 0.3) is 0 Å². The number of carbonyl (C=O) groups is 2. The minimum absolute atomic E-state index is 0.166. The summed E-state index contributed by atoms with van der Waals surface area (Å²) in [6.45, 7) is 0.333. The topological polar surface area (TPSA) is 115 Å². The van der Waals surface area contributed by atoms with Crippen molar-refractivity contribution in [1.29, 1.82) is 0 Å². The molecule has 0 atom stereocenters. The van der Waals surface area contributed by atoms with Crippen LogP contribution in [0.2, 0.25) is 0 Å². The van der Waals surface area contributed by atoms with Gasteiger partial charge in [0.15, 0.2) is 0 Å². The lowest BCUT2D eigenvalue weighted by molar-refractivity contribution is -0.138. The van der Waals surface area contributed by atoms with E-state index in [0.29, 0.717) is 25.7 Å². The summed E-state index contributed by atoms with van der Waals surface area (Å²) in [5.74, 6) is -1.51. The summed E-state index contributed by atoms with van der Waals surface area (Å²) in [7, 11) is 0. The molecule has 18 heavy (non-hydrogen) atoms. The third kappa shape index (κ3) is 24.2. The fraction of sp³-hybridized carbons (Fsp3) is 0.833. The molecule has 0 rings (SSSR count). The highest BCUT2D eigenvalue weighted by atomic mass is 16.4. The number of rotatable bonds is 10. The van der Waals surface area contributed by atoms with Gasteiger partial charge in [-0.1, -0.05) is 12.8 Å². The molecule has 0 aromatic heterocycles. The molecule has 0 unspecified atom stereocenters. The van der Waals surface area contributed by atoms with Crippen LogP contribution in [0.1, 0.15) is 51.4 Å². The molecule has 108 valence electrons. The molecule has 6 nitrogen and oxygen atoms in total. The molecular formula is C12H24O6. The number of hydrogen-bond donors (Lipinski definition) is 4. The molecule has 0 fully saturated rings. The van der Waals surface area contributed by atoms with E-state index in [1.165, 1.54) is 0 Å². The summed E-state index contributed by atoms with van der Waals surface area (Å²) in [4.78, 5) is 19.8. The van der Waals surface area contributed by atoms with Gasteiger partial charge in [0.25, 0.3) is 0 Å². The maximum absolute atomic E-state index is 9.90. The van der Waals surface area contributed by atoms with Crippen LogP contribution < -0.4 is 0 Å². The average Bonchev–Trinajstić information content (AvgIpc) is 2.31. The minimum Gasteiger partial charge on any atom is -0.481 e. The Morgan fingerprint density at radius 1 is 0.611 bits per heavy atom. The number of aliphatic hydroxyl groups is 2. The predicted molar refractivity (Wildman–Crippen MR) is 66.4 cm³/mol. The Kier molecular flexibility index (Phi) is 16.9. The number of hydrogen-bond acceptors (Lipinski definition) is 4. The second-order valence-corrected chi connectivity index (χ2v) is 3.86. The third-order valence-electron chi connectivity index (χ3n) is 2.10. The molecule has 0 radical (unpaired) electrons. The Bertz CT molecular complexity index is 183. The lowest BCUT2D eigenvalue weighted by atomic mass is 10.2. The highest BCUT2D eigenvalue weighted by Gasteiger charge is 1.94. The van der Waals surface area contributed by atoms with E-state index in [0.717, 1.165) is 12.8 Å². The first-order valence-electron chi connectivity index (χ1n) is 6.20. The molecule has 0 aliphatic carbocycles. The van der Waals surface area contributed by atoms with E-state index in [9.17, 15) is 9.59 Å². The van der Waals surface area contributed by atoms with Crippen LogP contribution in [-0.4, -0.2) is 45.6 Å². The maximum Gasteiger partial charge on any atom is 0.303 e. The average molecular weight is 264 g/mol. The Labute approximate surface area is 107 Å². The van der Waals surface area contributed by atoms with E-state index in [1.807, 2.05) is 0 Å². The molecule has 4 N–H and O–H groups in total. The number of aliphatic carboxylic acids is 2. The summed E-state index contributed by atoms with van der Waals surface area (Å²) >= 11 is 0. The highest BCUT2D eigenvalue weighted by Crippen LogP contribution is 1.98. The molecule has 0 saturated heterocycles. The van der Waals surface area contributed by atoms with Crippen molar-refractivity contribution in [2.75, 3.05) is 13.2 Å². The van der Waals surface area contributed by atoms with Gasteiger partial charge in [-0.05, 0) is 25.7 Å². The molecule has 0 saturated carbocycles. The molecule has 0 amide bonds. The summed E-state index contributed by atoms with van der Waals surface area (Å²) < 4.78 is 0. The zero-order valence-electron chi connectivity index (χ0n) is 10.7. The molecule has 0 spiro atoms.